The van der Waals surface area contributed by atoms with E-state index in [4.69, 9.17) is 21.3 Å². The van der Waals surface area contributed by atoms with Gasteiger partial charge in [-0.05, 0) is 69.1 Å². The first-order valence-electron chi connectivity index (χ1n) is 9.55. The Morgan fingerprint density at radius 2 is 1.78 bits per heavy atom. The lowest BCUT2D eigenvalue weighted by atomic mass is 9.86. The number of hydrogen-bond donors (Lipinski definition) is 3. The van der Waals surface area contributed by atoms with E-state index < -0.39 is 0 Å². The van der Waals surface area contributed by atoms with Gasteiger partial charge in [0.1, 0.15) is 17.3 Å². The minimum absolute atomic E-state index is 0.0308. The summed E-state index contributed by atoms with van der Waals surface area (Å²) in [5.41, 5.74) is 8.68. The van der Waals surface area contributed by atoms with Gasteiger partial charge in [0.2, 0.25) is 0 Å². The molecule has 27 heavy (non-hydrogen) atoms. The number of nitrogens with one attached hydrogen (secondary N) is 2. The average Bonchev–Trinajstić information content (AvgIpc) is 3.17. The second kappa shape index (κ2) is 8.97. The Kier molecular flexibility index (Phi) is 6.42. The van der Waals surface area contributed by atoms with Crippen molar-refractivity contribution >= 4 is 6.34 Å². The van der Waals surface area contributed by atoms with E-state index in [9.17, 15) is 0 Å². The Bertz CT molecular complexity index is 825. The minimum atomic E-state index is -0.0308. The predicted molar refractivity (Wildman–Crippen MR) is 107 cm³/mol. The van der Waals surface area contributed by atoms with Crippen molar-refractivity contribution in [1.29, 1.82) is 10.8 Å². The third-order valence-electron chi connectivity index (χ3n) is 5.18. The van der Waals surface area contributed by atoms with E-state index in [0.717, 1.165) is 30.3 Å². The summed E-state index contributed by atoms with van der Waals surface area (Å²) in [6.07, 6.45) is 7.31. The van der Waals surface area contributed by atoms with Crippen molar-refractivity contribution in [3.8, 4) is 5.75 Å². The molecule has 6 nitrogen and oxygen atoms in total. The van der Waals surface area contributed by atoms with Gasteiger partial charge in [0.05, 0.1) is 12.5 Å². The molecule has 1 unspecified atom stereocenters. The van der Waals surface area contributed by atoms with Gasteiger partial charge in [-0.3, -0.25) is 15.4 Å². The van der Waals surface area contributed by atoms with Gasteiger partial charge in [0, 0.05) is 6.04 Å². The van der Waals surface area contributed by atoms with Gasteiger partial charge in [-0.1, -0.05) is 24.3 Å². The molecule has 4 N–H and O–H groups in total. The maximum atomic E-state index is 7.67. The van der Waals surface area contributed by atoms with Crippen molar-refractivity contribution < 1.29 is 4.74 Å². The molecule has 0 amide bonds. The standard InChI is InChI=1S/C16H18N4O.C5H11N/c17-10-20-9-11(5-8-16(20)19)21-15-7-6-14(18)12-3-1-2-4-13(12)15;1-6-4-2-3-5-6/h1-5,8-10,14-15,17,19H,6-7,18H2;2-5H2,1H3/t14?,15-;/m1./s1. The fraction of sp³-hybridized carbons (Fsp3) is 0.429. The summed E-state index contributed by atoms with van der Waals surface area (Å²) >= 11 is 0. The Balaban J connectivity index is 0.000000299. The fourth-order valence-corrected chi connectivity index (χ4v) is 3.62. The summed E-state index contributed by atoms with van der Waals surface area (Å²) in [4.78, 5) is 2.36. The summed E-state index contributed by atoms with van der Waals surface area (Å²) < 4.78 is 7.48. The first kappa shape index (κ1) is 19.3. The molecule has 1 aliphatic carbocycles. The number of likely N-dealkylation sites (tertiary alicyclic amines) is 1. The van der Waals surface area contributed by atoms with Gasteiger partial charge in [-0.2, -0.15) is 0 Å². The number of rotatable bonds is 3. The molecule has 1 fully saturated rings. The molecule has 1 aromatic heterocycles. The van der Waals surface area contributed by atoms with Crippen molar-refractivity contribution in [3.05, 3.63) is 59.2 Å². The van der Waals surface area contributed by atoms with E-state index in [1.54, 1.807) is 18.3 Å². The molecule has 0 saturated carbocycles. The number of nitrogens with zero attached hydrogens (tertiary/aromatic N) is 2. The molecule has 1 aromatic carbocycles. The summed E-state index contributed by atoms with van der Waals surface area (Å²) in [5, 5.41) is 15.0. The van der Waals surface area contributed by atoms with Gasteiger partial charge in [0.25, 0.3) is 0 Å². The molecule has 2 aliphatic rings. The summed E-state index contributed by atoms with van der Waals surface area (Å²) in [6.45, 7) is 2.64. The van der Waals surface area contributed by atoms with Crippen LogP contribution in [0.2, 0.25) is 0 Å². The molecule has 1 saturated heterocycles. The highest BCUT2D eigenvalue weighted by atomic mass is 16.5. The third-order valence-corrected chi connectivity index (χ3v) is 5.18. The van der Waals surface area contributed by atoms with Crippen LogP contribution in [0.4, 0.5) is 0 Å². The predicted octanol–water partition coefficient (Wildman–Crippen LogP) is 3.05. The molecule has 6 heteroatoms. The van der Waals surface area contributed by atoms with Crippen LogP contribution in [0.5, 0.6) is 5.75 Å². The van der Waals surface area contributed by atoms with Crippen LogP contribution < -0.4 is 16.0 Å². The summed E-state index contributed by atoms with van der Waals surface area (Å²) in [7, 11) is 2.17. The van der Waals surface area contributed by atoms with Crippen molar-refractivity contribution in [3.63, 3.8) is 0 Å². The van der Waals surface area contributed by atoms with E-state index in [2.05, 4.69) is 24.1 Å². The molecule has 0 bridgehead atoms. The minimum Gasteiger partial charge on any atom is -0.484 e. The number of aromatic nitrogens is 1. The van der Waals surface area contributed by atoms with Gasteiger partial charge in [0.15, 0.2) is 0 Å². The van der Waals surface area contributed by atoms with Crippen LogP contribution in [0.25, 0.3) is 0 Å². The number of nitrogens with two attached hydrogens (primary N) is 1. The van der Waals surface area contributed by atoms with E-state index in [0.29, 0.717) is 5.75 Å². The van der Waals surface area contributed by atoms with Gasteiger partial charge in [-0.25, -0.2) is 0 Å². The molecule has 144 valence electrons. The van der Waals surface area contributed by atoms with Crippen LogP contribution in [0, 0.1) is 10.8 Å². The van der Waals surface area contributed by atoms with Gasteiger partial charge < -0.3 is 15.4 Å². The Morgan fingerprint density at radius 1 is 1.07 bits per heavy atom. The molecule has 4 rings (SSSR count). The second-order valence-corrected chi connectivity index (χ2v) is 7.22. The lowest BCUT2D eigenvalue weighted by Crippen LogP contribution is -2.24. The first-order valence-corrected chi connectivity index (χ1v) is 9.55. The van der Waals surface area contributed by atoms with Crippen molar-refractivity contribution in [1.82, 2.24) is 9.47 Å². The van der Waals surface area contributed by atoms with E-state index in [1.807, 2.05) is 12.1 Å². The average molecular weight is 367 g/mol. The molecule has 0 spiro atoms. The topological polar surface area (TPSA) is 91.1 Å². The lowest BCUT2D eigenvalue weighted by Gasteiger charge is -2.30. The number of pyridine rings is 1. The Labute approximate surface area is 160 Å². The summed E-state index contributed by atoms with van der Waals surface area (Å²) in [5.74, 6) is 0.657. The monoisotopic (exact) mass is 367 g/mol. The molecule has 2 heterocycles. The van der Waals surface area contributed by atoms with Crippen molar-refractivity contribution in [2.24, 2.45) is 5.73 Å². The maximum absolute atomic E-state index is 7.67. The van der Waals surface area contributed by atoms with Gasteiger partial charge >= 0.3 is 0 Å². The number of ether oxygens (including phenoxy) is 1. The van der Waals surface area contributed by atoms with Crippen LogP contribution in [0.15, 0.2) is 42.6 Å². The first-order chi connectivity index (χ1) is 13.1. The molecule has 1 aliphatic heterocycles. The van der Waals surface area contributed by atoms with Crippen LogP contribution in [-0.2, 0) is 0 Å². The molecular formula is C21H29N5O. The zero-order valence-electron chi connectivity index (χ0n) is 15.9. The fourth-order valence-electron chi connectivity index (χ4n) is 3.62. The Hall–Kier alpha value is -2.44. The number of benzene rings is 1. The van der Waals surface area contributed by atoms with Crippen LogP contribution >= 0.6 is 0 Å². The molecular weight excluding hydrogens is 338 g/mol. The zero-order chi connectivity index (χ0) is 19.2. The van der Waals surface area contributed by atoms with Crippen molar-refractivity contribution in [2.75, 3.05) is 20.1 Å². The SMILES string of the molecule is CN1CCCC1.N=Cn1cc(O[C@@H]2CCC(N)c3ccccc32)ccc1=N. The van der Waals surface area contributed by atoms with E-state index in [-0.39, 0.29) is 17.6 Å². The lowest BCUT2D eigenvalue weighted by molar-refractivity contribution is 0.176. The van der Waals surface area contributed by atoms with E-state index in [1.165, 1.54) is 30.5 Å². The summed E-state index contributed by atoms with van der Waals surface area (Å²) in [6, 6.07) is 11.6. The molecule has 2 aromatic rings. The smallest absolute Gasteiger partial charge is 0.137 e. The largest absolute Gasteiger partial charge is 0.484 e. The third kappa shape index (κ3) is 4.84. The Morgan fingerprint density at radius 3 is 2.41 bits per heavy atom. The highest BCUT2D eigenvalue weighted by molar-refractivity contribution is 5.54. The second-order valence-electron chi connectivity index (χ2n) is 7.22. The zero-order valence-corrected chi connectivity index (χ0v) is 15.9. The highest BCUT2D eigenvalue weighted by Crippen LogP contribution is 2.37. The van der Waals surface area contributed by atoms with Crippen LogP contribution in [0.1, 0.15) is 49.0 Å². The van der Waals surface area contributed by atoms with E-state index >= 15 is 0 Å². The van der Waals surface area contributed by atoms with Crippen molar-refractivity contribution in [2.45, 2.75) is 37.8 Å². The van der Waals surface area contributed by atoms with Gasteiger partial charge in [-0.15, -0.1) is 0 Å². The maximum Gasteiger partial charge on any atom is 0.137 e. The van der Waals surface area contributed by atoms with Crippen LogP contribution in [0.3, 0.4) is 0 Å². The number of fused-ring (bicyclic) bond motifs is 1. The number of hydrogen-bond acceptors (Lipinski definition) is 5. The molecule has 2 atom stereocenters. The normalized spacial score (nSPS) is 21.7. The van der Waals surface area contributed by atoms with Crippen LogP contribution in [-0.4, -0.2) is 35.9 Å². The highest BCUT2D eigenvalue weighted by Gasteiger charge is 2.26. The quantitative estimate of drug-likeness (QED) is 0.575. The molecule has 0 radical (unpaired) electrons.